The lowest BCUT2D eigenvalue weighted by Crippen LogP contribution is -2.42. The molecule has 1 fully saturated rings. The predicted molar refractivity (Wildman–Crippen MR) is 103 cm³/mol. The second-order valence-electron chi connectivity index (χ2n) is 6.30. The monoisotopic (exact) mass is 353 g/mol. The van der Waals surface area contributed by atoms with Gasteiger partial charge in [-0.2, -0.15) is 10.5 Å². The van der Waals surface area contributed by atoms with Crippen LogP contribution in [0.5, 0.6) is 0 Å². The van der Waals surface area contributed by atoms with Gasteiger partial charge in [0.25, 0.3) is 0 Å². The Balaban J connectivity index is 1.55. The fraction of sp³-hybridized carbons (Fsp3) is 0.353. The van der Waals surface area contributed by atoms with Gasteiger partial charge < -0.3 is 15.5 Å². The summed E-state index contributed by atoms with van der Waals surface area (Å²) in [5.74, 6) is 7.25. The SMILES string of the molecule is NNNC1=Nc2ccccc2Nc2nc(NCCN3CCCC3)ncc21. The molecule has 2 aliphatic rings. The van der Waals surface area contributed by atoms with Crippen LogP contribution in [0, 0.1) is 0 Å². The second-order valence-corrected chi connectivity index (χ2v) is 6.30. The van der Waals surface area contributed by atoms with Crippen molar-refractivity contribution in [1.82, 2.24) is 25.8 Å². The highest BCUT2D eigenvalue weighted by atomic mass is 15.5. The number of likely N-dealkylation sites (tertiary alicyclic amines) is 1. The summed E-state index contributed by atoms with van der Waals surface area (Å²) in [5.41, 5.74) is 7.70. The van der Waals surface area contributed by atoms with Crippen LogP contribution < -0.4 is 27.4 Å². The number of nitrogens with zero attached hydrogens (tertiary/aromatic N) is 4. The van der Waals surface area contributed by atoms with E-state index < -0.39 is 0 Å². The first kappa shape index (κ1) is 16.7. The molecule has 4 rings (SSSR count). The Morgan fingerprint density at radius 1 is 1.19 bits per heavy atom. The molecule has 0 atom stereocenters. The Morgan fingerprint density at radius 3 is 2.88 bits per heavy atom. The molecule has 9 heteroatoms. The van der Waals surface area contributed by atoms with Crippen LogP contribution in [0.2, 0.25) is 0 Å². The quantitative estimate of drug-likeness (QED) is 0.401. The lowest BCUT2D eigenvalue weighted by molar-refractivity contribution is 0.352. The standard InChI is InChI=1S/C17H23N9/c18-25-24-16-12-11-20-17(19-7-10-26-8-3-4-9-26)23-15(12)21-13-5-1-2-6-14(13)22-16/h1-2,5-6,11,25H,3-4,7-10,18H2,(H,22,24)(H2,19,20,21,23). The van der Waals surface area contributed by atoms with Crippen molar-refractivity contribution in [2.24, 2.45) is 10.8 Å². The number of aromatic nitrogens is 2. The third-order valence-corrected chi connectivity index (χ3v) is 4.53. The van der Waals surface area contributed by atoms with Gasteiger partial charge in [0.05, 0.1) is 16.9 Å². The number of amidine groups is 1. The number of para-hydroxylation sites is 2. The van der Waals surface area contributed by atoms with Gasteiger partial charge in [0, 0.05) is 19.3 Å². The molecule has 2 aromatic rings. The summed E-state index contributed by atoms with van der Waals surface area (Å²) in [6.07, 6.45) is 4.33. The zero-order valence-electron chi connectivity index (χ0n) is 14.5. The van der Waals surface area contributed by atoms with Gasteiger partial charge in [-0.3, -0.25) is 11.3 Å². The van der Waals surface area contributed by atoms with Gasteiger partial charge in [0.1, 0.15) is 5.82 Å². The van der Waals surface area contributed by atoms with E-state index in [9.17, 15) is 0 Å². The highest BCUT2D eigenvalue weighted by Crippen LogP contribution is 2.32. The van der Waals surface area contributed by atoms with Crippen molar-refractivity contribution in [3.63, 3.8) is 0 Å². The van der Waals surface area contributed by atoms with Crippen molar-refractivity contribution in [2.75, 3.05) is 36.8 Å². The molecule has 0 saturated carbocycles. The Hall–Kier alpha value is -2.75. The van der Waals surface area contributed by atoms with Gasteiger partial charge in [-0.15, -0.1) is 0 Å². The maximum absolute atomic E-state index is 5.42. The van der Waals surface area contributed by atoms with E-state index in [1.54, 1.807) is 6.20 Å². The number of nitrogens with one attached hydrogen (secondary N) is 4. The van der Waals surface area contributed by atoms with Crippen LogP contribution in [0.3, 0.4) is 0 Å². The number of fused-ring (bicyclic) bond motifs is 2. The Labute approximate surface area is 152 Å². The van der Waals surface area contributed by atoms with Crippen molar-refractivity contribution in [3.8, 4) is 0 Å². The molecule has 26 heavy (non-hydrogen) atoms. The van der Waals surface area contributed by atoms with Crippen molar-refractivity contribution >= 4 is 29.0 Å². The van der Waals surface area contributed by atoms with Crippen molar-refractivity contribution in [3.05, 3.63) is 36.0 Å². The fourth-order valence-electron chi connectivity index (χ4n) is 3.22. The summed E-state index contributed by atoms with van der Waals surface area (Å²) in [4.78, 5) is 16.1. The number of nitrogens with two attached hydrogens (primary N) is 1. The molecule has 1 saturated heterocycles. The Kier molecular flexibility index (Phi) is 4.91. The van der Waals surface area contributed by atoms with Crippen LogP contribution in [0.25, 0.3) is 0 Å². The summed E-state index contributed by atoms with van der Waals surface area (Å²) in [6, 6.07) is 7.78. The molecule has 0 unspecified atom stereocenters. The van der Waals surface area contributed by atoms with Crippen LogP contribution in [0.4, 0.5) is 23.1 Å². The maximum atomic E-state index is 5.42. The van der Waals surface area contributed by atoms with E-state index in [4.69, 9.17) is 5.84 Å². The summed E-state index contributed by atoms with van der Waals surface area (Å²) >= 11 is 0. The molecule has 1 aromatic heterocycles. The van der Waals surface area contributed by atoms with Gasteiger partial charge in [-0.1, -0.05) is 12.1 Å². The van der Waals surface area contributed by atoms with Crippen LogP contribution in [-0.2, 0) is 0 Å². The molecule has 1 aromatic carbocycles. The summed E-state index contributed by atoms with van der Waals surface area (Å²) in [6.45, 7) is 4.19. The first-order valence-electron chi connectivity index (χ1n) is 8.83. The largest absolute Gasteiger partial charge is 0.353 e. The zero-order valence-corrected chi connectivity index (χ0v) is 14.5. The number of hydrogen-bond acceptors (Lipinski definition) is 9. The smallest absolute Gasteiger partial charge is 0.224 e. The first-order chi connectivity index (χ1) is 12.8. The number of aliphatic imine (C=N–C) groups is 1. The molecular weight excluding hydrogens is 330 g/mol. The van der Waals surface area contributed by atoms with Crippen LogP contribution in [0.1, 0.15) is 18.4 Å². The number of hydrogen-bond donors (Lipinski definition) is 5. The second kappa shape index (κ2) is 7.65. The lowest BCUT2D eigenvalue weighted by Gasteiger charge is -2.15. The highest BCUT2D eigenvalue weighted by molar-refractivity contribution is 6.06. The van der Waals surface area contributed by atoms with Gasteiger partial charge >= 0.3 is 0 Å². The van der Waals surface area contributed by atoms with Crippen molar-refractivity contribution in [2.45, 2.75) is 12.8 Å². The number of rotatable bonds is 5. The summed E-state index contributed by atoms with van der Waals surface area (Å²) < 4.78 is 0. The summed E-state index contributed by atoms with van der Waals surface area (Å²) in [7, 11) is 0. The topological polar surface area (TPSA) is 116 Å². The summed E-state index contributed by atoms with van der Waals surface area (Å²) in [5, 5.41) is 6.65. The average molecular weight is 353 g/mol. The lowest BCUT2D eigenvalue weighted by atomic mass is 10.2. The molecule has 0 spiro atoms. The molecule has 136 valence electrons. The minimum atomic E-state index is 0.559. The third-order valence-electron chi connectivity index (χ3n) is 4.53. The third kappa shape index (κ3) is 3.59. The Morgan fingerprint density at radius 2 is 2.04 bits per heavy atom. The molecule has 3 heterocycles. The molecule has 0 bridgehead atoms. The number of benzene rings is 1. The van der Waals surface area contributed by atoms with E-state index in [0.717, 1.165) is 30.0 Å². The highest BCUT2D eigenvalue weighted by Gasteiger charge is 2.19. The molecule has 9 nitrogen and oxygen atoms in total. The van der Waals surface area contributed by atoms with Crippen molar-refractivity contribution < 1.29 is 0 Å². The normalized spacial score (nSPS) is 16.1. The van der Waals surface area contributed by atoms with Crippen LogP contribution >= 0.6 is 0 Å². The minimum Gasteiger partial charge on any atom is -0.353 e. The van der Waals surface area contributed by atoms with Crippen LogP contribution in [-0.4, -0.2) is 46.9 Å². The van der Waals surface area contributed by atoms with Crippen LogP contribution in [0.15, 0.2) is 35.5 Å². The van der Waals surface area contributed by atoms with Gasteiger partial charge in [-0.25, -0.2) is 9.98 Å². The molecule has 0 radical (unpaired) electrons. The van der Waals surface area contributed by atoms with E-state index in [2.05, 4.69) is 41.5 Å². The Bertz CT molecular complexity index is 799. The number of anilines is 3. The number of hydrazine groups is 2. The average Bonchev–Trinajstić information content (AvgIpc) is 3.11. The van der Waals surface area contributed by atoms with E-state index in [1.807, 2.05) is 24.3 Å². The first-order valence-corrected chi connectivity index (χ1v) is 8.83. The minimum absolute atomic E-state index is 0.559. The van der Waals surface area contributed by atoms with Crippen molar-refractivity contribution in [1.29, 1.82) is 0 Å². The van der Waals surface area contributed by atoms with E-state index in [1.165, 1.54) is 25.9 Å². The van der Waals surface area contributed by atoms with E-state index in [0.29, 0.717) is 17.6 Å². The molecular formula is C17H23N9. The van der Waals surface area contributed by atoms with E-state index >= 15 is 0 Å². The van der Waals surface area contributed by atoms with E-state index in [-0.39, 0.29) is 0 Å². The zero-order chi connectivity index (χ0) is 17.8. The van der Waals surface area contributed by atoms with Gasteiger partial charge in [-0.05, 0) is 38.1 Å². The van der Waals surface area contributed by atoms with Gasteiger partial charge in [0.2, 0.25) is 5.95 Å². The molecule has 0 amide bonds. The predicted octanol–water partition coefficient (Wildman–Crippen LogP) is 1.09. The molecule has 0 aliphatic carbocycles. The molecule has 6 N–H and O–H groups in total. The fourth-order valence-corrected chi connectivity index (χ4v) is 3.22. The maximum Gasteiger partial charge on any atom is 0.224 e. The van der Waals surface area contributed by atoms with Gasteiger partial charge in [0.15, 0.2) is 5.84 Å². The molecule has 2 aliphatic heterocycles.